The van der Waals surface area contributed by atoms with E-state index >= 15 is 0 Å². The highest BCUT2D eigenvalue weighted by Crippen LogP contribution is 2.43. The Kier molecular flexibility index (Phi) is 3.06. The molecule has 1 fully saturated rings. The lowest BCUT2D eigenvalue weighted by molar-refractivity contribution is 0.685. The molecule has 88 valence electrons. The Hall–Kier alpha value is -0.830. The molecule has 1 atom stereocenters. The second-order valence-corrected chi connectivity index (χ2v) is 6.09. The number of nitrogens with zero attached hydrogens (tertiary/aromatic N) is 1. The van der Waals surface area contributed by atoms with Gasteiger partial charge in [0.15, 0.2) is 0 Å². The number of aryl methyl sites for hydroxylation is 2. The van der Waals surface area contributed by atoms with Gasteiger partial charge in [0.2, 0.25) is 0 Å². The summed E-state index contributed by atoms with van der Waals surface area (Å²) in [4.78, 5) is 0. The van der Waals surface area contributed by atoms with Crippen molar-refractivity contribution in [2.75, 3.05) is 17.6 Å². The van der Waals surface area contributed by atoms with E-state index in [1.54, 1.807) is 6.26 Å². The Bertz CT molecular complexity index is 438. The molecule has 2 nitrogen and oxygen atoms in total. The average molecular weight is 237 g/mol. The standard InChI is InChI=1S/C13H19NOS/c1-9-7-10(2)13(14(3)16(4)15)8-12(9)11-5-6-11/h7-8,11H,5-6H2,1-4H3. The maximum Gasteiger partial charge on any atom is 0.116 e. The fourth-order valence-electron chi connectivity index (χ4n) is 2.17. The molecule has 1 aromatic rings. The predicted molar refractivity (Wildman–Crippen MR) is 70.4 cm³/mol. The minimum absolute atomic E-state index is 0.748. The molecular formula is C13H19NOS. The highest BCUT2D eigenvalue weighted by Gasteiger charge is 2.26. The molecule has 1 aliphatic rings. The first-order valence-electron chi connectivity index (χ1n) is 5.69. The Morgan fingerprint density at radius 2 is 1.88 bits per heavy atom. The highest BCUT2D eigenvalue weighted by molar-refractivity contribution is 7.85. The molecule has 1 aliphatic carbocycles. The molecular weight excluding hydrogens is 218 g/mol. The zero-order chi connectivity index (χ0) is 11.9. The van der Waals surface area contributed by atoms with E-state index in [2.05, 4.69) is 26.0 Å². The average Bonchev–Trinajstić information content (AvgIpc) is 3.00. The molecule has 1 unspecified atom stereocenters. The van der Waals surface area contributed by atoms with E-state index < -0.39 is 11.0 Å². The molecule has 0 saturated heterocycles. The normalized spacial score (nSPS) is 17.2. The van der Waals surface area contributed by atoms with Gasteiger partial charge in [-0.05, 0) is 55.4 Å². The van der Waals surface area contributed by atoms with Gasteiger partial charge in [0.1, 0.15) is 11.0 Å². The maximum absolute atomic E-state index is 11.5. The van der Waals surface area contributed by atoms with Crippen molar-refractivity contribution in [2.24, 2.45) is 0 Å². The van der Waals surface area contributed by atoms with Crippen LogP contribution in [0.5, 0.6) is 0 Å². The molecule has 16 heavy (non-hydrogen) atoms. The molecule has 2 rings (SSSR count). The second kappa shape index (κ2) is 4.21. The van der Waals surface area contributed by atoms with Crippen LogP contribution >= 0.6 is 0 Å². The van der Waals surface area contributed by atoms with E-state index in [9.17, 15) is 4.21 Å². The maximum atomic E-state index is 11.5. The van der Waals surface area contributed by atoms with Crippen molar-refractivity contribution in [3.8, 4) is 0 Å². The first-order chi connectivity index (χ1) is 7.50. The van der Waals surface area contributed by atoms with Crippen LogP contribution in [0.25, 0.3) is 0 Å². The number of anilines is 1. The molecule has 0 radical (unpaired) electrons. The summed E-state index contributed by atoms with van der Waals surface area (Å²) < 4.78 is 13.4. The van der Waals surface area contributed by atoms with Crippen molar-refractivity contribution < 1.29 is 4.21 Å². The first kappa shape index (κ1) is 11.6. The van der Waals surface area contributed by atoms with Crippen LogP contribution in [0.4, 0.5) is 5.69 Å². The summed E-state index contributed by atoms with van der Waals surface area (Å²) in [6, 6.07) is 4.44. The lowest BCUT2D eigenvalue weighted by Gasteiger charge is -2.20. The van der Waals surface area contributed by atoms with Crippen LogP contribution in [0.15, 0.2) is 12.1 Å². The summed E-state index contributed by atoms with van der Waals surface area (Å²) in [6.45, 7) is 4.26. The van der Waals surface area contributed by atoms with E-state index in [1.807, 2.05) is 11.4 Å². The van der Waals surface area contributed by atoms with Gasteiger partial charge in [-0.15, -0.1) is 0 Å². The van der Waals surface area contributed by atoms with Crippen LogP contribution in [0, 0.1) is 13.8 Å². The number of hydrogen-bond donors (Lipinski definition) is 0. The lowest BCUT2D eigenvalue weighted by Crippen LogP contribution is -2.20. The van der Waals surface area contributed by atoms with Crippen molar-refractivity contribution >= 4 is 16.7 Å². The largest absolute Gasteiger partial charge is 0.295 e. The number of rotatable bonds is 3. The van der Waals surface area contributed by atoms with E-state index in [0.29, 0.717) is 0 Å². The number of benzene rings is 1. The van der Waals surface area contributed by atoms with Crippen LogP contribution in [0.3, 0.4) is 0 Å². The Morgan fingerprint density at radius 3 is 2.38 bits per heavy atom. The summed E-state index contributed by atoms with van der Waals surface area (Å²) in [5.41, 5.74) is 5.13. The van der Waals surface area contributed by atoms with Crippen LogP contribution in [-0.2, 0) is 11.0 Å². The quantitative estimate of drug-likeness (QED) is 0.791. The van der Waals surface area contributed by atoms with E-state index in [0.717, 1.165) is 11.6 Å². The second-order valence-electron chi connectivity index (χ2n) is 4.69. The Morgan fingerprint density at radius 1 is 1.25 bits per heavy atom. The third-order valence-corrected chi connectivity index (χ3v) is 4.29. The van der Waals surface area contributed by atoms with Gasteiger partial charge in [0.25, 0.3) is 0 Å². The van der Waals surface area contributed by atoms with Crippen LogP contribution in [0.2, 0.25) is 0 Å². The summed E-state index contributed by atoms with van der Waals surface area (Å²) in [5.74, 6) is 0.748. The minimum atomic E-state index is -0.946. The van der Waals surface area contributed by atoms with Gasteiger partial charge >= 0.3 is 0 Å². The third-order valence-electron chi connectivity index (χ3n) is 3.33. The minimum Gasteiger partial charge on any atom is -0.295 e. The fraction of sp³-hybridized carbons (Fsp3) is 0.538. The molecule has 1 saturated carbocycles. The van der Waals surface area contributed by atoms with Crippen molar-refractivity contribution in [1.29, 1.82) is 0 Å². The molecule has 0 spiro atoms. The van der Waals surface area contributed by atoms with Gasteiger partial charge in [0, 0.05) is 13.3 Å². The number of hydrogen-bond acceptors (Lipinski definition) is 1. The predicted octanol–water partition coefficient (Wildman–Crippen LogP) is 2.91. The fourth-order valence-corrected chi connectivity index (χ4v) is 2.64. The van der Waals surface area contributed by atoms with Crippen molar-refractivity contribution in [1.82, 2.24) is 0 Å². The molecule has 0 aromatic heterocycles. The zero-order valence-corrected chi connectivity index (χ0v) is 11.2. The Balaban J connectivity index is 2.44. The van der Waals surface area contributed by atoms with Gasteiger partial charge in [-0.3, -0.25) is 4.31 Å². The van der Waals surface area contributed by atoms with Gasteiger partial charge in [-0.25, -0.2) is 4.21 Å². The molecule has 0 aliphatic heterocycles. The first-order valence-corrected chi connectivity index (χ1v) is 7.20. The zero-order valence-electron chi connectivity index (χ0n) is 10.4. The van der Waals surface area contributed by atoms with Crippen molar-refractivity contribution in [3.63, 3.8) is 0 Å². The topological polar surface area (TPSA) is 20.3 Å². The van der Waals surface area contributed by atoms with Crippen LogP contribution in [0.1, 0.15) is 35.4 Å². The monoisotopic (exact) mass is 237 g/mol. The molecule has 3 heteroatoms. The smallest absolute Gasteiger partial charge is 0.116 e. The summed E-state index contributed by atoms with van der Waals surface area (Å²) in [6.07, 6.45) is 4.33. The lowest BCUT2D eigenvalue weighted by atomic mass is 10.0. The highest BCUT2D eigenvalue weighted by atomic mass is 32.2. The van der Waals surface area contributed by atoms with Crippen LogP contribution < -0.4 is 4.31 Å². The van der Waals surface area contributed by atoms with E-state index in [1.165, 1.54) is 29.5 Å². The Labute approximate surface area is 100 Å². The van der Waals surface area contributed by atoms with Gasteiger partial charge in [-0.1, -0.05) is 6.07 Å². The SMILES string of the molecule is Cc1cc(C)c(N(C)S(C)=O)cc1C1CC1. The van der Waals surface area contributed by atoms with Crippen molar-refractivity contribution in [3.05, 3.63) is 28.8 Å². The van der Waals surface area contributed by atoms with Crippen molar-refractivity contribution in [2.45, 2.75) is 32.6 Å². The van der Waals surface area contributed by atoms with Crippen LogP contribution in [-0.4, -0.2) is 17.5 Å². The summed E-state index contributed by atoms with van der Waals surface area (Å²) in [7, 11) is 0.947. The van der Waals surface area contributed by atoms with E-state index in [-0.39, 0.29) is 0 Å². The molecule has 0 bridgehead atoms. The van der Waals surface area contributed by atoms with E-state index in [4.69, 9.17) is 0 Å². The molecule has 0 heterocycles. The van der Waals surface area contributed by atoms with Gasteiger partial charge < -0.3 is 0 Å². The molecule has 0 amide bonds. The summed E-state index contributed by atoms with van der Waals surface area (Å²) in [5, 5.41) is 0. The summed E-state index contributed by atoms with van der Waals surface area (Å²) >= 11 is 0. The van der Waals surface area contributed by atoms with Gasteiger partial charge in [-0.2, -0.15) is 0 Å². The third kappa shape index (κ3) is 2.14. The molecule has 0 N–H and O–H groups in total. The molecule has 1 aromatic carbocycles. The van der Waals surface area contributed by atoms with Gasteiger partial charge in [0.05, 0.1) is 5.69 Å².